The van der Waals surface area contributed by atoms with Crippen LogP contribution in [0.5, 0.6) is 0 Å². The topological polar surface area (TPSA) is 102 Å². The van der Waals surface area contributed by atoms with E-state index in [0.717, 1.165) is 0 Å². The number of hydrogen-bond donors (Lipinski definition) is 2. The van der Waals surface area contributed by atoms with Gasteiger partial charge >= 0.3 is 6.09 Å². The summed E-state index contributed by atoms with van der Waals surface area (Å²) >= 11 is 0. The summed E-state index contributed by atoms with van der Waals surface area (Å²) in [7, 11) is -4.02. The van der Waals surface area contributed by atoms with Crippen molar-refractivity contribution in [3.8, 4) is 0 Å². The van der Waals surface area contributed by atoms with E-state index in [0.29, 0.717) is 12.8 Å². The third-order valence-electron chi connectivity index (χ3n) is 3.86. The molecule has 0 aliphatic rings. The minimum atomic E-state index is -4.02. The highest BCUT2D eigenvalue weighted by Gasteiger charge is 2.38. The van der Waals surface area contributed by atoms with Crippen molar-refractivity contribution in [3.05, 3.63) is 30.3 Å². The number of nitrogens with one attached hydrogen (secondary N) is 1. The lowest BCUT2D eigenvalue weighted by Crippen LogP contribution is -2.53. The van der Waals surface area contributed by atoms with Crippen LogP contribution < -0.4 is 5.32 Å². The number of ether oxygens (including phenoxy) is 2. The van der Waals surface area contributed by atoms with Gasteiger partial charge in [-0.25, -0.2) is 13.2 Å². The molecule has 27 heavy (non-hydrogen) atoms. The molecule has 0 radical (unpaired) electrons. The fraction of sp³-hybridized carbons (Fsp3) is 0.632. The molecule has 154 valence electrons. The monoisotopic (exact) mass is 401 g/mol. The number of aliphatic hydroxyl groups is 1. The van der Waals surface area contributed by atoms with Crippen LogP contribution in [0.2, 0.25) is 0 Å². The van der Waals surface area contributed by atoms with E-state index < -0.39 is 39.6 Å². The summed E-state index contributed by atoms with van der Waals surface area (Å²) in [6.07, 6.45) is -0.961. The predicted octanol–water partition coefficient (Wildman–Crippen LogP) is 2.88. The van der Waals surface area contributed by atoms with Gasteiger partial charge in [-0.2, -0.15) is 0 Å². The van der Waals surface area contributed by atoms with E-state index in [4.69, 9.17) is 9.47 Å². The first-order valence-electron chi connectivity index (χ1n) is 9.09. The minimum Gasteiger partial charge on any atom is -0.444 e. The number of aliphatic hydroxyl groups excluding tert-OH is 1. The van der Waals surface area contributed by atoms with Gasteiger partial charge in [0.05, 0.1) is 17.6 Å². The van der Waals surface area contributed by atoms with Crippen molar-refractivity contribution in [3.63, 3.8) is 0 Å². The Hall–Kier alpha value is -1.64. The largest absolute Gasteiger partial charge is 0.444 e. The molecule has 0 bridgehead atoms. The number of hydrogen-bond acceptors (Lipinski definition) is 6. The first-order valence-corrected chi connectivity index (χ1v) is 10.6. The molecule has 1 aromatic carbocycles. The molecule has 0 fully saturated rings. The van der Waals surface area contributed by atoms with Gasteiger partial charge in [-0.1, -0.05) is 32.0 Å². The van der Waals surface area contributed by atoms with Crippen LogP contribution in [0.3, 0.4) is 0 Å². The number of amides is 1. The third kappa shape index (κ3) is 7.12. The molecule has 0 heterocycles. The molecule has 2 N–H and O–H groups in total. The number of carbonyl (C=O) groups excluding carboxylic acids is 1. The zero-order chi connectivity index (χ0) is 20.7. The van der Waals surface area contributed by atoms with E-state index in [1.807, 2.05) is 13.8 Å². The van der Waals surface area contributed by atoms with Crippen molar-refractivity contribution < 1.29 is 27.8 Å². The highest BCUT2D eigenvalue weighted by atomic mass is 32.2. The molecular formula is C19H31NO6S. The minimum absolute atomic E-state index is 0.0256. The second kappa shape index (κ2) is 10.1. The Balaban J connectivity index is 3.24. The lowest BCUT2D eigenvalue weighted by molar-refractivity contribution is -0.0481. The van der Waals surface area contributed by atoms with Gasteiger partial charge in [0.15, 0.2) is 5.37 Å². The number of benzene rings is 1. The molecular weight excluding hydrogens is 370 g/mol. The zero-order valence-corrected chi connectivity index (χ0v) is 17.5. The van der Waals surface area contributed by atoms with Crippen LogP contribution in [-0.4, -0.2) is 49.4 Å². The molecule has 0 saturated carbocycles. The standard InChI is InChI=1S/C19H31NO6S/c1-6-14(7-2)25-16(13-21)17(20-18(22)26-19(3,4)5)27(23,24)15-11-9-8-10-12-15/h8-12,14,16-17,21H,6-7,13H2,1-5H3,(H,20,22)/t16-,17?/m1/s1. The van der Waals surface area contributed by atoms with Crippen molar-refractivity contribution in [2.24, 2.45) is 0 Å². The van der Waals surface area contributed by atoms with E-state index in [1.165, 1.54) is 12.1 Å². The Morgan fingerprint density at radius 2 is 1.70 bits per heavy atom. The van der Waals surface area contributed by atoms with Crippen LogP contribution in [0.1, 0.15) is 47.5 Å². The summed E-state index contributed by atoms with van der Waals surface area (Å²) in [5.74, 6) is 0. The molecule has 2 atom stereocenters. The second-order valence-electron chi connectivity index (χ2n) is 7.22. The number of alkyl carbamates (subject to hydrolysis) is 1. The molecule has 0 aromatic heterocycles. The maximum Gasteiger partial charge on any atom is 0.408 e. The molecule has 8 heteroatoms. The summed E-state index contributed by atoms with van der Waals surface area (Å²) in [5, 5.41) is 10.7. The maximum atomic E-state index is 13.1. The normalized spacial score (nSPS) is 14.6. The molecule has 0 aliphatic heterocycles. The highest BCUT2D eigenvalue weighted by molar-refractivity contribution is 7.92. The van der Waals surface area contributed by atoms with Gasteiger partial charge in [-0.05, 0) is 45.7 Å². The third-order valence-corrected chi connectivity index (χ3v) is 5.88. The van der Waals surface area contributed by atoms with Gasteiger partial charge in [-0.15, -0.1) is 0 Å². The quantitative estimate of drug-likeness (QED) is 0.660. The van der Waals surface area contributed by atoms with Crippen molar-refractivity contribution in [1.29, 1.82) is 0 Å². The summed E-state index contributed by atoms with van der Waals surface area (Å²) in [5.41, 5.74) is -0.796. The van der Waals surface area contributed by atoms with E-state index >= 15 is 0 Å². The average Bonchev–Trinajstić information content (AvgIpc) is 2.60. The average molecular weight is 402 g/mol. The Morgan fingerprint density at radius 1 is 1.15 bits per heavy atom. The fourth-order valence-electron chi connectivity index (χ4n) is 2.49. The van der Waals surface area contributed by atoms with Crippen LogP contribution in [0.15, 0.2) is 35.2 Å². The van der Waals surface area contributed by atoms with Crippen LogP contribution in [0.25, 0.3) is 0 Å². The van der Waals surface area contributed by atoms with E-state index in [9.17, 15) is 18.3 Å². The van der Waals surface area contributed by atoms with Crippen molar-refractivity contribution in [2.45, 2.75) is 75.5 Å². The van der Waals surface area contributed by atoms with Gasteiger partial charge in [-0.3, -0.25) is 0 Å². The number of carbonyl (C=O) groups is 1. The smallest absolute Gasteiger partial charge is 0.408 e. The van der Waals surface area contributed by atoms with Gasteiger partial charge in [0, 0.05) is 0 Å². The summed E-state index contributed by atoms with van der Waals surface area (Å²) < 4.78 is 37.3. The molecule has 1 unspecified atom stereocenters. The summed E-state index contributed by atoms with van der Waals surface area (Å²) in [4.78, 5) is 12.3. The van der Waals surface area contributed by atoms with E-state index in [2.05, 4.69) is 5.32 Å². The van der Waals surface area contributed by atoms with Gasteiger partial charge in [0.1, 0.15) is 11.7 Å². The van der Waals surface area contributed by atoms with Crippen LogP contribution >= 0.6 is 0 Å². The molecule has 0 aliphatic carbocycles. The molecule has 1 rings (SSSR count). The summed E-state index contributed by atoms with van der Waals surface area (Å²) in [6.45, 7) is 8.28. The Labute approximate surface area is 162 Å². The molecule has 7 nitrogen and oxygen atoms in total. The highest BCUT2D eigenvalue weighted by Crippen LogP contribution is 2.21. The van der Waals surface area contributed by atoms with Gasteiger partial charge in [0.2, 0.25) is 9.84 Å². The lowest BCUT2D eigenvalue weighted by Gasteiger charge is -2.30. The van der Waals surface area contributed by atoms with Gasteiger partial charge < -0.3 is 19.9 Å². The number of sulfone groups is 1. The van der Waals surface area contributed by atoms with Crippen molar-refractivity contribution in [2.75, 3.05) is 6.61 Å². The maximum absolute atomic E-state index is 13.1. The molecule has 1 aromatic rings. The predicted molar refractivity (Wildman–Crippen MR) is 103 cm³/mol. The Bertz CT molecular complexity index is 680. The van der Waals surface area contributed by atoms with E-state index in [-0.39, 0.29) is 11.0 Å². The van der Waals surface area contributed by atoms with Gasteiger partial charge in [0.25, 0.3) is 0 Å². The fourth-order valence-corrected chi connectivity index (χ4v) is 4.12. The van der Waals surface area contributed by atoms with Crippen LogP contribution in [0, 0.1) is 0 Å². The Kier molecular flexibility index (Phi) is 8.71. The summed E-state index contributed by atoms with van der Waals surface area (Å²) in [6, 6.07) is 7.75. The second-order valence-corrected chi connectivity index (χ2v) is 9.29. The zero-order valence-electron chi connectivity index (χ0n) is 16.6. The van der Waals surface area contributed by atoms with Crippen LogP contribution in [0.4, 0.5) is 4.79 Å². The molecule has 0 spiro atoms. The number of rotatable bonds is 9. The first-order chi connectivity index (χ1) is 12.5. The Morgan fingerprint density at radius 3 is 2.15 bits per heavy atom. The molecule has 0 saturated heterocycles. The molecule has 1 amide bonds. The van der Waals surface area contributed by atoms with Crippen molar-refractivity contribution >= 4 is 15.9 Å². The first kappa shape index (κ1) is 23.4. The lowest BCUT2D eigenvalue weighted by atomic mass is 10.2. The SMILES string of the molecule is CCC(CC)O[C@H](CO)C(NC(=O)OC(C)(C)C)S(=O)(=O)c1ccccc1. The van der Waals surface area contributed by atoms with Crippen LogP contribution in [-0.2, 0) is 19.3 Å². The van der Waals surface area contributed by atoms with E-state index in [1.54, 1.807) is 39.0 Å². The van der Waals surface area contributed by atoms with Crippen molar-refractivity contribution in [1.82, 2.24) is 5.32 Å².